The van der Waals surface area contributed by atoms with Crippen molar-refractivity contribution in [3.8, 4) is 0 Å². The molecule has 0 radical (unpaired) electrons. The Hall–Kier alpha value is -4.46. The predicted molar refractivity (Wildman–Crippen MR) is 199 cm³/mol. The third-order valence-electron chi connectivity index (χ3n) is 8.38. The lowest BCUT2D eigenvalue weighted by Crippen LogP contribution is -2.05. The zero-order chi connectivity index (χ0) is 32.0. The molecular formula is C44H49N. The number of benzene rings is 6. The fourth-order valence-electron chi connectivity index (χ4n) is 5.93. The summed E-state index contributed by atoms with van der Waals surface area (Å²) in [6, 6.07) is 47.3. The number of fused-ring (bicyclic) bond motifs is 2. The first-order chi connectivity index (χ1) is 21.9. The van der Waals surface area contributed by atoms with Crippen molar-refractivity contribution in [2.24, 2.45) is 5.73 Å². The topological polar surface area (TPSA) is 26.0 Å². The molecule has 0 saturated carbocycles. The molecule has 2 atom stereocenters. The lowest BCUT2D eigenvalue weighted by Gasteiger charge is -2.14. The van der Waals surface area contributed by atoms with Gasteiger partial charge in [-0.15, -0.1) is 0 Å². The summed E-state index contributed by atoms with van der Waals surface area (Å²) in [5, 5.41) is 5.30. The lowest BCUT2D eigenvalue weighted by molar-refractivity contribution is 0.607. The van der Waals surface area contributed by atoms with Crippen LogP contribution < -0.4 is 5.73 Å². The van der Waals surface area contributed by atoms with Crippen LogP contribution in [0.3, 0.4) is 0 Å². The summed E-state index contributed by atoms with van der Waals surface area (Å²) in [7, 11) is 0. The first-order valence-electron chi connectivity index (χ1n) is 16.3. The smallest absolute Gasteiger partial charge is 0.0272 e. The van der Waals surface area contributed by atoms with E-state index in [4.69, 9.17) is 5.73 Å². The molecule has 6 rings (SSSR count). The van der Waals surface area contributed by atoms with Crippen LogP contribution >= 0.6 is 0 Å². The van der Waals surface area contributed by atoms with Gasteiger partial charge in [-0.05, 0) is 89.8 Å². The normalized spacial score (nSPS) is 11.9. The maximum atomic E-state index is 5.88. The molecule has 0 aliphatic rings. The van der Waals surface area contributed by atoms with Crippen molar-refractivity contribution in [1.82, 2.24) is 0 Å². The van der Waals surface area contributed by atoms with E-state index in [1.54, 1.807) is 0 Å². The molecule has 0 aromatic heterocycles. The summed E-state index contributed by atoms with van der Waals surface area (Å²) in [5.74, 6) is 0.624. The highest BCUT2D eigenvalue weighted by Crippen LogP contribution is 2.29. The standard InChI is InChI=1S/C23H26.C12H13N.C9H10/c1-18-9-7-12-20(17-18)11-4-3-10-19(2)22-16-8-14-21-13-5-6-15-23(21)22;1-9(13)11-8-4-6-10-5-2-3-7-12(10)11;1-3-9-6-4-5-8(2)7-9/h5-9,12-17,19H,3-4,10-11H2,1-2H3;2-9H,13H2,1H3;3-7H,1H2,2H3. The van der Waals surface area contributed by atoms with Crippen molar-refractivity contribution in [2.75, 3.05) is 0 Å². The first kappa shape index (κ1) is 33.4. The van der Waals surface area contributed by atoms with Gasteiger partial charge in [-0.3, -0.25) is 0 Å². The molecule has 0 bridgehead atoms. The Balaban J connectivity index is 0.000000175. The van der Waals surface area contributed by atoms with Crippen LogP contribution in [0.25, 0.3) is 27.6 Å². The molecule has 0 aliphatic heterocycles. The van der Waals surface area contributed by atoms with Crippen molar-refractivity contribution in [3.63, 3.8) is 0 Å². The number of hydrogen-bond acceptors (Lipinski definition) is 1. The molecule has 1 heteroatoms. The van der Waals surface area contributed by atoms with Crippen LogP contribution in [0.5, 0.6) is 0 Å². The quantitative estimate of drug-likeness (QED) is 0.175. The van der Waals surface area contributed by atoms with Crippen molar-refractivity contribution in [2.45, 2.75) is 65.3 Å². The Labute approximate surface area is 271 Å². The number of rotatable bonds is 8. The molecule has 0 fully saturated rings. The van der Waals surface area contributed by atoms with Crippen LogP contribution in [0.1, 0.15) is 78.5 Å². The Morgan fingerprint density at radius 2 is 1.13 bits per heavy atom. The number of aryl methyl sites for hydroxylation is 3. The SMILES string of the molecule is C=Cc1cccc(C)c1.CC(N)c1cccc2ccccc12.Cc1cccc(CCCCC(C)c2cccc3ccccc23)c1. The van der Waals surface area contributed by atoms with Gasteiger partial charge in [-0.25, -0.2) is 0 Å². The van der Waals surface area contributed by atoms with Crippen LogP contribution in [0.15, 0.2) is 140 Å². The molecule has 6 aromatic rings. The van der Waals surface area contributed by atoms with Crippen LogP contribution in [-0.4, -0.2) is 0 Å². The van der Waals surface area contributed by atoms with Gasteiger partial charge in [0.05, 0.1) is 0 Å². The van der Waals surface area contributed by atoms with E-state index < -0.39 is 0 Å². The molecule has 2 unspecified atom stereocenters. The Kier molecular flexibility index (Phi) is 12.7. The molecule has 6 aromatic carbocycles. The second kappa shape index (κ2) is 17.1. The van der Waals surface area contributed by atoms with Crippen molar-refractivity contribution in [1.29, 1.82) is 0 Å². The van der Waals surface area contributed by atoms with Gasteiger partial charge in [-0.1, -0.05) is 171 Å². The summed E-state index contributed by atoms with van der Waals surface area (Å²) in [6.45, 7) is 12.3. The fraction of sp³-hybridized carbons (Fsp3) is 0.227. The molecule has 0 spiro atoms. The van der Waals surface area contributed by atoms with E-state index in [1.165, 1.54) is 80.6 Å². The van der Waals surface area contributed by atoms with Crippen molar-refractivity contribution >= 4 is 27.6 Å². The summed E-state index contributed by atoms with van der Waals surface area (Å²) in [4.78, 5) is 0. The van der Waals surface area contributed by atoms with E-state index in [1.807, 2.05) is 37.3 Å². The maximum Gasteiger partial charge on any atom is 0.0272 e. The highest BCUT2D eigenvalue weighted by molar-refractivity contribution is 5.86. The monoisotopic (exact) mass is 591 g/mol. The van der Waals surface area contributed by atoms with Gasteiger partial charge >= 0.3 is 0 Å². The predicted octanol–water partition coefficient (Wildman–Crippen LogP) is 12.2. The van der Waals surface area contributed by atoms with Gasteiger partial charge < -0.3 is 5.73 Å². The summed E-state index contributed by atoms with van der Waals surface area (Å²) in [5.41, 5.74) is 13.9. The molecule has 230 valence electrons. The lowest BCUT2D eigenvalue weighted by atomic mass is 9.90. The molecule has 0 heterocycles. The second-order valence-electron chi connectivity index (χ2n) is 12.2. The molecule has 2 N–H and O–H groups in total. The van der Waals surface area contributed by atoms with E-state index in [2.05, 4.69) is 137 Å². The van der Waals surface area contributed by atoms with Gasteiger partial charge in [0.1, 0.15) is 0 Å². The van der Waals surface area contributed by atoms with Gasteiger partial charge in [0.25, 0.3) is 0 Å². The minimum absolute atomic E-state index is 0.103. The summed E-state index contributed by atoms with van der Waals surface area (Å²) >= 11 is 0. The summed E-state index contributed by atoms with van der Waals surface area (Å²) in [6.07, 6.45) is 6.88. The zero-order valence-electron chi connectivity index (χ0n) is 27.5. The van der Waals surface area contributed by atoms with Gasteiger partial charge in [0.15, 0.2) is 0 Å². The van der Waals surface area contributed by atoms with Crippen LogP contribution in [0.4, 0.5) is 0 Å². The molecule has 0 amide bonds. The molecule has 45 heavy (non-hydrogen) atoms. The van der Waals surface area contributed by atoms with E-state index in [0.29, 0.717) is 5.92 Å². The Morgan fingerprint density at radius 3 is 1.71 bits per heavy atom. The van der Waals surface area contributed by atoms with E-state index in [9.17, 15) is 0 Å². The van der Waals surface area contributed by atoms with Crippen molar-refractivity contribution < 1.29 is 0 Å². The molecule has 1 nitrogen and oxygen atoms in total. The van der Waals surface area contributed by atoms with Gasteiger partial charge in [-0.2, -0.15) is 0 Å². The highest BCUT2D eigenvalue weighted by Gasteiger charge is 2.09. The van der Waals surface area contributed by atoms with Crippen LogP contribution in [0.2, 0.25) is 0 Å². The molecule has 0 aliphatic carbocycles. The maximum absolute atomic E-state index is 5.88. The Bertz CT molecular complexity index is 1780. The van der Waals surface area contributed by atoms with E-state index in [-0.39, 0.29) is 6.04 Å². The average molecular weight is 592 g/mol. The second-order valence-corrected chi connectivity index (χ2v) is 12.2. The average Bonchev–Trinajstić information content (AvgIpc) is 3.06. The molecule has 0 saturated heterocycles. The third-order valence-corrected chi connectivity index (χ3v) is 8.38. The minimum Gasteiger partial charge on any atom is -0.324 e. The summed E-state index contributed by atoms with van der Waals surface area (Å²) < 4.78 is 0. The molecular weight excluding hydrogens is 542 g/mol. The zero-order valence-corrected chi connectivity index (χ0v) is 27.5. The number of nitrogens with two attached hydrogens (primary N) is 1. The number of hydrogen-bond donors (Lipinski definition) is 1. The van der Waals surface area contributed by atoms with Gasteiger partial charge in [0.2, 0.25) is 0 Å². The number of unbranched alkanes of at least 4 members (excludes halogenated alkanes) is 1. The fourth-order valence-corrected chi connectivity index (χ4v) is 5.93. The van der Waals surface area contributed by atoms with Crippen LogP contribution in [-0.2, 0) is 6.42 Å². The highest BCUT2D eigenvalue weighted by atomic mass is 14.6. The van der Waals surface area contributed by atoms with Gasteiger partial charge in [0, 0.05) is 6.04 Å². The van der Waals surface area contributed by atoms with E-state index in [0.717, 1.165) is 0 Å². The van der Waals surface area contributed by atoms with Crippen LogP contribution in [0, 0.1) is 13.8 Å². The largest absolute Gasteiger partial charge is 0.324 e. The first-order valence-corrected chi connectivity index (χ1v) is 16.3. The van der Waals surface area contributed by atoms with E-state index >= 15 is 0 Å². The minimum atomic E-state index is 0.103. The Morgan fingerprint density at radius 1 is 0.600 bits per heavy atom. The van der Waals surface area contributed by atoms with Crippen molar-refractivity contribution in [3.05, 3.63) is 173 Å². The third kappa shape index (κ3) is 10.0.